The molecule has 1 heterocycles. The number of aromatic nitrogens is 1. The van der Waals surface area contributed by atoms with Crippen LogP contribution in [0.3, 0.4) is 0 Å². The number of nitrogens with zero attached hydrogens (tertiary/aromatic N) is 1. The van der Waals surface area contributed by atoms with Crippen molar-refractivity contribution in [2.45, 2.75) is 40.8 Å². The number of benzene rings is 1. The van der Waals surface area contributed by atoms with Crippen molar-refractivity contribution < 1.29 is 0 Å². The van der Waals surface area contributed by atoms with E-state index in [4.69, 9.17) is 5.73 Å². The van der Waals surface area contributed by atoms with E-state index in [-0.39, 0.29) is 12.1 Å². The lowest BCUT2D eigenvalue weighted by molar-refractivity contribution is 0.719. The number of hydrogen-bond donors (Lipinski definition) is 1. The van der Waals surface area contributed by atoms with Gasteiger partial charge in [-0.25, -0.2) is 0 Å². The topological polar surface area (TPSA) is 48.0 Å². The summed E-state index contributed by atoms with van der Waals surface area (Å²) >= 11 is 0. The Balaban J connectivity index is 2.77. The van der Waals surface area contributed by atoms with Crippen molar-refractivity contribution in [1.82, 2.24) is 4.57 Å². The van der Waals surface area contributed by atoms with Crippen LogP contribution in [0.4, 0.5) is 0 Å². The highest BCUT2D eigenvalue weighted by molar-refractivity contribution is 5.65. The van der Waals surface area contributed by atoms with Crippen molar-refractivity contribution in [1.29, 1.82) is 0 Å². The Kier molecular flexibility index (Phi) is 4.09. The van der Waals surface area contributed by atoms with E-state index in [1.54, 1.807) is 0 Å². The van der Waals surface area contributed by atoms with Crippen LogP contribution < -0.4 is 11.3 Å². The average Bonchev–Trinajstić information content (AvgIpc) is 2.38. The molecule has 3 heteroatoms. The summed E-state index contributed by atoms with van der Waals surface area (Å²) in [4.78, 5) is 12.5. The standard InChI is InChI=1S/C17H22N2O/c1-5-19-16(9-13(4)15(10-18)17(19)20)14-7-6-11(2)8-12(14)3/h6-9H,5,10,18H2,1-4H3. The molecule has 0 bridgehead atoms. The van der Waals surface area contributed by atoms with Crippen molar-refractivity contribution in [2.75, 3.05) is 0 Å². The minimum atomic E-state index is 0.0324. The molecule has 0 aliphatic carbocycles. The van der Waals surface area contributed by atoms with Gasteiger partial charge in [-0.15, -0.1) is 0 Å². The van der Waals surface area contributed by atoms with Gasteiger partial charge in [-0.2, -0.15) is 0 Å². The Morgan fingerprint density at radius 2 is 1.80 bits per heavy atom. The van der Waals surface area contributed by atoms with E-state index in [1.165, 1.54) is 11.1 Å². The van der Waals surface area contributed by atoms with Gasteiger partial charge in [0.25, 0.3) is 5.56 Å². The van der Waals surface area contributed by atoms with E-state index >= 15 is 0 Å². The van der Waals surface area contributed by atoms with Crippen LogP contribution >= 0.6 is 0 Å². The van der Waals surface area contributed by atoms with Crippen LogP contribution in [0.5, 0.6) is 0 Å². The summed E-state index contributed by atoms with van der Waals surface area (Å²) in [5.41, 5.74) is 11.9. The number of hydrogen-bond acceptors (Lipinski definition) is 2. The Morgan fingerprint density at radius 1 is 1.10 bits per heavy atom. The molecule has 0 aliphatic rings. The fraction of sp³-hybridized carbons (Fsp3) is 0.353. The second-order valence-corrected chi connectivity index (χ2v) is 5.26. The molecule has 0 unspecified atom stereocenters. The first-order valence-corrected chi connectivity index (χ1v) is 7.00. The lowest BCUT2D eigenvalue weighted by atomic mass is 9.99. The molecule has 0 atom stereocenters. The highest BCUT2D eigenvalue weighted by Crippen LogP contribution is 2.25. The largest absolute Gasteiger partial charge is 0.326 e. The molecule has 0 amide bonds. The first-order chi connectivity index (χ1) is 9.49. The molecule has 2 aromatic rings. The zero-order valence-electron chi connectivity index (χ0n) is 12.7. The number of rotatable bonds is 3. The molecular weight excluding hydrogens is 248 g/mol. The minimum Gasteiger partial charge on any atom is -0.326 e. The van der Waals surface area contributed by atoms with E-state index in [0.29, 0.717) is 12.1 Å². The highest BCUT2D eigenvalue weighted by Gasteiger charge is 2.13. The third-order valence-corrected chi connectivity index (χ3v) is 3.80. The zero-order chi connectivity index (χ0) is 14.9. The molecule has 106 valence electrons. The van der Waals surface area contributed by atoms with Crippen molar-refractivity contribution in [3.63, 3.8) is 0 Å². The Bertz CT molecular complexity index is 699. The third-order valence-electron chi connectivity index (χ3n) is 3.80. The van der Waals surface area contributed by atoms with Crippen LogP contribution in [0.15, 0.2) is 29.1 Å². The fourth-order valence-corrected chi connectivity index (χ4v) is 2.70. The summed E-state index contributed by atoms with van der Waals surface area (Å²) in [5, 5.41) is 0. The first-order valence-electron chi connectivity index (χ1n) is 7.00. The molecule has 20 heavy (non-hydrogen) atoms. The van der Waals surface area contributed by atoms with Gasteiger partial charge in [0.2, 0.25) is 0 Å². The molecule has 2 rings (SSSR count). The molecule has 0 spiro atoms. The summed E-state index contributed by atoms with van der Waals surface area (Å²) in [6.07, 6.45) is 0. The maximum atomic E-state index is 12.5. The van der Waals surface area contributed by atoms with Gasteiger partial charge in [0.15, 0.2) is 0 Å². The van der Waals surface area contributed by atoms with E-state index in [1.807, 2.05) is 18.4 Å². The molecule has 1 aromatic heterocycles. The number of aryl methyl sites for hydroxylation is 3. The van der Waals surface area contributed by atoms with E-state index in [0.717, 1.165) is 16.8 Å². The second kappa shape index (κ2) is 5.63. The van der Waals surface area contributed by atoms with Gasteiger partial charge in [0, 0.05) is 24.2 Å². The molecule has 1 aromatic carbocycles. The number of pyridine rings is 1. The SMILES string of the molecule is CCn1c(-c2ccc(C)cc2C)cc(C)c(CN)c1=O. The average molecular weight is 270 g/mol. The van der Waals surface area contributed by atoms with Gasteiger partial charge in [-0.1, -0.05) is 23.8 Å². The van der Waals surface area contributed by atoms with Gasteiger partial charge in [-0.05, 0) is 44.9 Å². The maximum Gasteiger partial charge on any atom is 0.255 e. The van der Waals surface area contributed by atoms with E-state index < -0.39 is 0 Å². The summed E-state index contributed by atoms with van der Waals surface area (Å²) < 4.78 is 1.81. The quantitative estimate of drug-likeness (QED) is 0.932. The van der Waals surface area contributed by atoms with Crippen molar-refractivity contribution in [3.05, 3.63) is 56.9 Å². The highest BCUT2D eigenvalue weighted by atomic mass is 16.1. The van der Waals surface area contributed by atoms with Gasteiger partial charge in [-0.3, -0.25) is 4.79 Å². The van der Waals surface area contributed by atoms with E-state index in [9.17, 15) is 4.79 Å². The summed E-state index contributed by atoms with van der Waals surface area (Å²) in [6.45, 7) is 9.04. The first kappa shape index (κ1) is 14.5. The molecule has 0 saturated heterocycles. The Hall–Kier alpha value is -1.87. The Morgan fingerprint density at radius 3 is 2.35 bits per heavy atom. The molecule has 0 aliphatic heterocycles. The molecule has 2 N–H and O–H groups in total. The van der Waals surface area contributed by atoms with Gasteiger partial charge >= 0.3 is 0 Å². The number of nitrogens with two attached hydrogens (primary N) is 1. The van der Waals surface area contributed by atoms with Gasteiger partial charge in [0.1, 0.15) is 0 Å². The normalized spacial score (nSPS) is 10.8. The smallest absolute Gasteiger partial charge is 0.255 e. The summed E-state index contributed by atoms with van der Waals surface area (Å²) in [5.74, 6) is 0. The predicted molar refractivity (Wildman–Crippen MR) is 83.9 cm³/mol. The zero-order valence-corrected chi connectivity index (χ0v) is 12.7. The minimum absolute atomic E-state index is 0.0324. The molecule has 0 fully saturated rings. The van der Waals surface area contributed by atoms with Gasteiger partial charge in [0.05, 0.1) is 5.69 Å². The predicted octanol–water partition coefficient (Wildman–Crippen LogP) is 2.92. The molecular formula is C17H22N2O. The van der Waals surface area contributed by atoms with Crippen LogP contribution in [-0.4, -0.2) is 4.57 Å². The van der Waals surface area contributed by atoms with Crippen LogP contribution in [0.1, 0.15) is 29.2 Å². The Labute approximate surface area is 120 Å². The third kappa shape index (κ3) is 2.41. The summed E-state index contributed by atoms with van der Waals surface area (Å²) in [6, 6.07) is 8.39. The van der Waals surface area contributed by atoms with Crippen molar-refractivity contribution in [3.8, 4) is 11.3 Å². The van der Waals surface area contributed by atoms with E-state index in [2.05, 4.69) is 38.1 Å². The van der Waals surface area contributed by atoms with Crippen LogP contribution in [-0.2, 0) is 13.1 Å². The monoisotopic (exact) mass is 270 g/mol. The lowest BCUT2D eigenvalue weighted by Gasteiger charge is -2.17. The van der Waals surface area contributed by atoms with Gasteiger partial charge < -0.3 is 10.3 Å². The molecule has 3 nitrogen and oxygen atoms in total. The summed E-state index contributed by atoms with van der Waals surface area (Å²) in [7, 11) is 0. The van der Waals surface area contributed by atoms with Crippen molar-refractivity contribution in [2.24, 2.45) is 5.73 Å². The molecule has 0 saturated carbocycles. The lowest BCUT2D eigenvalue weighted by Crippen LogP contribution is -2.27. The molecule has 0 radical (unpaired) electrons. The van der Waals surface area contributed by atoms with Crippen LogP contribution in [0, 0.1) is 20.8 Å². The van der Waals surface area contributed by atoms with Crippen LogP contribution in [0.25, 0.3) is 11.3 Å². The fourth-order valence-electron chi connectivity index (χ4n) is 2.70. The van der Waals surface area contributed by atoms with Crippen molar-refractivity contribution >= 4 is 0 Å². The van der Waals surface area contributed by atoms with Crippen LogP contribution in [0.2, 0.25) is 0 Å². The second-order valence-electron chi connectivity index (χ2n) is 5.26. The maximum absolute atomic E-state index is 12.5.